The van der Waals surface area contributed by atoms with Crippen LogP contribution in [-0.2, 0) is 25.5 Å². The van der Waals surface area contributed by atoms with Gasteiger partial charge < -0.3 is 19.9 Å². The minimum Gasteiger partial charge on any atom is -0.372 e. The van der Waals surface area contributed by atoms with Crippen LogP contribution in [0, 0.1) is 11.8 Å². The molecule has 0 radical (unpaired) electrons. The number of anilines is 1. The number of piperidine rings is 1. The van der Waals surface area contributed by atoms with E-state index >= 15 is 0 Å². The van der Waals surface area contributed by atoms with Crippen molar-refractivity contribution in [2.24, 2.45) is 11.8 Å². The first-order valence-corrected chi connectivity index (χ1v) is 11.6. The molecule has 30 heavy (non-hydrogen) atoms. The standard InChI is InChI=1S/C21H32N4O4S/c1-13(2)19(27)23-21-22-17(12-30-21)9-18(26)24-7-5-16(6-8-24)20(28)25-10-14(3)29-15(4)11-25/h12-16H,5-11H2,1-4H3,(H,22,23,27). The Morgan fingerprint density at radius 2 is 1.80 bits per heavy atom. The molecule has 1 aromatic heterocycles. The quantitative estimate of drug-likeness (QED) is 0.764. The number of carbonyl (C=O) groups is 3. The second-order valence-electron chi connectivity index (χ2n) is 8.62. The number of likely N-dealkylation sites (tertiary alicyclic amines) is 1. The molecule has 0 aliphatic carbocycles. The fourth-order valence-corrected chi connectivity index (χ4v) is 4.67. The predicted octanol–water partition coefficient (Wildman–Crippen LogP) is 2.15. The second kappa shape index (κ2) is 9.87. The van der Waals surface area contributed by atoms with E-state index < -0.39 is 0 Å². The Kier molecular flexibility index (Phi) is 7.46. The summed E-state index contributed by atoms with van der Waals surface area (Å²) in [6.07, 6.45) is 1.72. The summed E-state index contributed by atoms with van der Waals surface area (Å²) in [5, 5.41) is 5.10. The van der Waals surface area contributed by atoms with E-state index in [1.165, 1.54) is 11.3 Å². The first-order valence-electron chi connectivity index (χ1n) is 10.7. The van der Waals surface area contributed by atoms with Gasteiger partial charge in [0.25, 0.3) is 0 Å². The Balaban J connectivity index is 1.47. The van der Waals surface area contributed by atoms with Gasteiger partial charge in [-0.1, -0.05) is 13.8 Å². The minimum atomic E-state index is -0.119. The molecule has 8 nitrogen and oxygen atoms in total. The predicted molar refractivity (Wildman–Crippen MR) is 115 cm³/mol. The van der Waals surface area contributed by atoms with Crippen LogP contribution in [0.1, 0.15) is 46.2 Å². The van der Waals surface area contributed by atoms with Gasteiger partial charge in [-0.2, -0.15) is 0 Å². The van der Waals surface area contributed by atoms with Crippen LogP contribution in [-0.4, -0.2) is 70.9 Å². The highest BCUT2D eigenvalue weighted by Crippen LogP contribution is 2.23. The molecule has 3 heterocycles. The third-order valence-electron chi connectivity index (χ3n) is 5.57. The van der Waals surface area contributed by atoms with Crippen LogP contribution in [0.5, 0.6) is 0 Å². The number of nitrogens with zero attached hydrogens (tertiary/aromatic N) is 3. The SMILES string of the molecule is CC1CN(C(=O)C2CCN(C(=O)Cc3csc(NC(=O)C(C)C)n3)CC2)CC(C)O1. The fourth-order valence-electron chi connectivity index (χ4n) is 3.95. The lowest BCUT2D eigenvalue weighted by Crippen LogP contribution is -2.51. The molecule has 2 aliphatic heterocycles. The number of nitrogens with one attached hydrogen (secondary N) is 1. The van der Waals surface area contributed by atoms with Gasteiger partial charge in [0, 0.05) is 43.4 Å². The van der Waals surface area contributed by atoms with Crippen molar-refractivity contribution in [1.29, 1.82) is 0 Å². The van der Waals surface area contributed by atoms with Crippen molar-refractivity contribution in [1.82, 2.24) is 14.8 Å². The number of rotatable bonds is 5. The molecule has 3 amide bonds. The largest absolute Gasteiger partial charge is 0.372 e. The molecular formula is C21H32N4O4S. The van der Waals surface area contributed by atoms with Crippen molar-refractivity contribution in [2.45, 2.75) is 59.2 Å². The highest BCUT2D eigenvalue weighted by atomic mass is 32.1. The highest BCUT2D eigenvalue weighted by molar-refractivity contribution is 7.13. The Labute approximate surface area is 182 Å². The third-order valence-corrected chi connectivity index (χ3v) is 6.37. The lowest BCUT2D eigenvalue weighted by Gasteiger charge is -2.39. The number of hydrogen-bond donors (Lipinski definition) is 1. The number of hydrogen-bond acceptors (Lipinski definition) is 6. The molecule has 2 atom stereocenters. The van der Waals surface area contributed by atoms with Gasteiger partial charge in [-0.25, -0.2) is 4.98 Å². The maximum absolute atomic E-state index is 12.9. The topological polar surface area (TPSA) is 91.8 Å². The van der Waals surface area contributed by atoms with Crippen LogP contribution >= 0.6 is 11.3 Å². The number of amides is 3. The molecule has 3 rings (SSSR count). The molecule has 0 spiro atoms. The van der Waals surface area contributed by atoms with E-state index in [0.29, 0.717) is 49.8 Å². The van der Waals surface area contributed by atoms with Crippen LogP contribution in [0.25, 0.3) is 0 Å². The van der Waals surface area contributed by atoms with E-state index in [1.54, 1.807) is 0 Å². The number of thiazole rings is 1. The Morgan fingerprint density at radius 3 is 2.40 bits per heavy atom. The van der Waals surface area contributed by atoms with Crippen molar-refractivity contribution in [3.8, 4) is 0 Å². The lowest BCUT2D eigenvalue weighted by molar-refractivity contribution is -0.150. The Morgan fingerprint density at radius 1 is 1.17 bits per heavy atom. The average Bonchev–Trinajstić information content (AvgIpc) is 3.13. The third kappa shape index (κ3) is 5.78. The van der Waals surface area contributed by atoms with Crippen molar-refractivity contribution in [3.05, 3.63) is 11.1 Å². The van der Waals surface area contributed by atoms with Gasteiger partial charge in [0.2, 0.25) is 17.7 Å². The number of carbonyl (C=O) groups excluding carboxylic acids is 3. The minimum absolute atomic E-state index is 0.0153. The van der Waals surface area contributed by atoms with Crippen molar-refractivity contribution < 1.29 is 19.1 Å². The first-order chi connectivity index (χ1) is 14.2. The van der Waals surface area contributed by atoms with Gasteiger partial charge in [-0.05, 0) is 26.7 Å². The smallest absolute Gasteiger partial charge is 0.228 e. The summed E-state index contributed by atoms with van der Waals surface area (Å²) in [7, 11) is 0. The maximum Gasteiger partial charge on any atom is 0.228 e. The molecule has 2 aliphatic rings. The molecule has 0 bridgehead atoms. The van der Waals surface area contributed by atoms with Crippen LogP contribution in [0.3, 0.4) is 0 Å². The molecule has 0 saturated carbocycles. The van der Waals surface area contributed by atoms with E-state index in [4.69, 9.17) is 4.74 Å². The zero-order valence-corrected chi connectivity index (χ0v) is 19.0. The average molecular weight is 437 g/mol. The van der Waals surface area contributed by atoms with Crippen LogP contribution < -0.4 is 5.32 Å². The van der Waals surface area contributed by atoms with E-state index in [1.807, 2.05) is 42.9 Å². The van der Waals surface area contributed by atoms with Gasteiger partial charge in [0.05, 0.1) is 24.3 Å². The second-order valence-corrected chi connectivity index (χ2v) is 9.48. The zero-order chi connectivity index (χ0) is 21.8. The summed E-state index contributed by atoms with van der Waals surface area (Å²) in [5.74, 6) is -0.0238. The molecular weight excluding hydrogens is 404 g/mol. The number of ether oxygens (including phenoxy) is 1. The number of morpholine rings is 1. The summed E-state index contributed by atoms with van der Waals surface area (Å²) in [5.41, 5.74) is 0.665. The number of aromatic nitrogens is 1. The van der Waals surface area contributed by atoms with E-state index in [9.17, 15) is 14.4 Å². The fraction of sp³-hybridized carbons (Fsp3) is 0.714. The zero-order valence-electron chi connectivity index (χ0n) is 18.2. The molecule has 166 valence electrons. The van der Waals surface area contributed by atoms with Crippen LogP contribution in [0.15, 0.2) is 5.38 Å². The van der Waals surface area contributed by atoms with Crippen LogP contribution in [0.2, 0.25) is 0 Å². The molecule has 1 N–H and O–H groups in total. The normalized spacial score (nSPS) is 23.0. The van der Waals surface area contributed by atoms with Gasteiger partial charge in [0.15, 0.2) is 5.13 Å². The highest BCUT2D eigenvalue weighted by Gasteiger charge is 2.33. The maximum atomic E-state index is 12.9. The van der Waals surface area contributed by atoms with Crippen molar-refractivity contribution >= 4 is 34.2 Å². The summed E-state index contributed by atoms with van der Waals surface area (Å²) in [6.45, 7) is 10.1. The van der Waals surface area contributed by atoms with E-state index in [-0.39, 0.29) is 48.2 Å². The first kappa shape index (κ1) is 22.7. The molecule has 2 saturated heterocycles. The summed E-state index contributed by atoms with van der Waals surface area (Å²) in [4.78, 5) is 45.4. The van der Waals surface area contributed by atoms with Crippen LogP contribution in [0.4, 0.5) is 5.13 Å². The van der Waals surface area contributed by atoms with E-state index in [2.05, 4.69) is 10.3 Å². The summed E-state index contributed by atoms with van der Waals surface area (Å²) in [6, 6.07) is 0. The molecule has 0 aromatic carbocycles. The molecule has 1 aromatic rings. The molecule has 9 heteroatoms. The van der Waals surface area contributed by atoms with Crippen molar-refractivity contribution in [2.75, 3.05) is 31.5 Å². The van der Waals surface area contributed by atoms with Gasteiger partial charge in [-0.15, -0.1) is 11.3 Å². The molecule has 2 unspecified atom stereocenters. The van der Waals surface area contributed by atoms with E-state index in [0.717, 1.165) is 0 Å². The van der Waals surface area contributed by atoms with Crippen molar-refractivity contribution in [3.63, 3.8) is 0 Å². The summed E-state index contributed by atoms with van der Waals surface area (Å²) >= 11 is 1.33. The van der Waals surface area contributed by atoms with Gasteiger partial charge >= 0.3 is 0 Å². The summed E-state index contributed by atoms with van der Waals surface area (Å²) < 4.78 is 5.72. The molecule has 2 fully saturated rings. The Bertz CT molecular complexity index is 763. The Hall–Kier alpha value is -2.00. The van der Waals surface area contributed by atoms with Gasteiger partial charge in [-0.3, -0.25) is 14.4 Å². The lowest BCUT2D eigenvalue weighted by atomic mass is 9.94. The monoisotopic (exact) mass is 436 g/mol. The van der Waals surface area contributed by atoms with Gasteiger partial charge in [0.1, 0.15) is 0 Å².